The standard InChI is InChI=1S/C5H10FN/c1-2-7-5-3-4-6/h3-4,7H,2,5H2,1H3. The van der Waals surface area contributed by atoms with Crippen LogP contribution in [0.1, 0.15) is 6.92 Å². The van der Waals surface area contributed by atoms with Gasteiger partial charge in [-0.25, -0.2) is 4.39 Å². The van der Waals surface area contributed by atoms with Crippen molar-refractivity contribution in [1.29, 1.82) is 0 Å². The molecule has 0 saturated heterocycles. The summed E-state index contributed by atoms with van der Waals surface area (Å²) < 4.78 is 11.1. The van der Waals surface area contributed by atoms with Crippen LogP contribution in [0.4, 0.5) is 4.39 Å². The lowest BCUT2D eigenvalue weighted by Gasteiger charge is -1.88. The molecular formula is C5H10FN. The van der Waals surface area contributed by atoms with Crippen LogP contribution in [0.5, 0.6) is 0 Å². The van der Waals surface area contributed by atoms with Crippen molar-refractivity contribution in [3.63, 3.8) is 0 Å². The van der Waals surface area contributed by atoms with Crippen molar-refractivity contribution >= 4 is 0 Å². The van der Waals surface area contributed by atoms with Gasteiger partial charge in [-0.1, -0.05) is 6.92 Å². The summed E-state index contributed by atoms with van der Waals surface area (Å²) >= 11 is 0. The molecule has 0 spiro atoms. The molecule has 0 heterocycles. The van der Waals surface area contributed by atoms with Crippen LogP contribution in [0.2, 0.25) is 0 Å². The van der Waals surface area contributed by atoms with Gasteiger partial charge in [0.1, 0.15) is 0 Å². The van der Waals surface area contributed by atoms with Gasteiger partial charge in [0, 0.05) is 6.54 Å². The van der Waals surface area contributed by atoms with Crippen molar-refractivity contribution in [2.24, 2.45) is 0 Å². The topological polar surface area (TPSA) is 12.0 Å². The third-order valence-corrected chi connectivity index (χ3v) is 0.601. The first kappa shape index (κ1) is 6.63. The van der Waals surface area contributed by atoms with Crippen LogP contribution < -0.4 is 5.32 Å². The van der Waals surface area contributed by atoms with Crippen LogP contribution in [0, 0.1) is 0 Å². The van der Waals surface area contributed by atoms with E-state index in [1.165, 1.54) is 6.08 Å². The van der Waals surface area contributed by atoms with Crippen LogP contribution in [-0.2, 0) is 0 Å². The number of rotatable bonds is 3. The van der Waals surface area contributed by atoms with Gasteiger partial charge in [-0.05, 0) is 12.6 Å². The zero-order chi connectivity index (χ0) is 5.54. The monoisotopic (exact) mass is 103 g/mol. The Morgan fingerprint density at radius 3 is 2.86 bits per heavy atom. The summed E-state index contributed by atoms with van der Waals surface area (Å²) in [6.07, 6.45) is 1.98. The van der Waals surface area contributed by atoms with E-state index in [4.69, 9.17) is 0 Å². The Labute approximate surface area is 43.2 Å². The van der Waals surface area contributed by atoms with Crippen molar-refractivity contribution in [2.75, 3.05) is 13.1 Å². The Kier molecular flexibility index (Phi) is 5.33. The molecule has 0 fully saturated rings. The van der Waals surface area contributed by atoms with E-state index in [9.17, 15) is 4.39 Å². The molecule has 0 aliphatic rings. The van der Waals surface area contributed by atoms with Crippen molar-refractivity contribution in [3.8, 4) is 0 Å². The molecule has 0 aromatic carbocycles. The first-order valence-electron chi connectivity index (χ1n) is 2.37. The van der Waals surface area contributed by atoms with E-state index in [2.05, 4.69) is 5.32 Å². The second-order valence-corrected chi connectivity index (χ2v) is 1.17. The molecule has 1 nitrogen and oxygen atoms in total. The Hall–Kier alpha value is -0.370. The van der Waals surface area contributed by atoms with Crippen LogP contribution >= 0.6 is 0 Å². The summed E-state index contributed by atoms with van der Waals surface area (Å²) in [6.45, 7) is 3.50. The summed E-state index contributed by atoms with van der Waals surface area (Å²) in [4.78, 5) is 0. The van der Waals surface area contributed by atoms with Crippen LogP contribution in [0.3, 0.4) is 0 Å². The molecule has 1 N–H and O–H groups in total. The summed E-state index contributed by atoms with van der Waals surface area (Å²) in [5.41, 5.74) is 0. The van der Waals surface area contributed by atoms with Gasteiger partial charge in [-0.15, -0.1) is 0 Å². The first-order valence-corrected chi connectivity index (χ1v) is 2.37. The second kappa shape index (κ2) is 5.63. The highest BCUT2D eigenvalue weighted by atomic mass is 19.1. The van der Waals surface area contributed by atoms with Gasteiger partial charge in [0.15, 0.2) is 0 Å². The van der Waals surface area contributed by atoms with Crippen molar-refractivity contribution in [2.45, 2.75) is 6.92 Å². The maximum absolute atomic E-state index is 11.1. The summed E-state index contributed by atoms with van der Waals surface area (Å²) in [7, 11) is 0. The summed E-state index contributed by atoms with van der Waals surface area (Å²) in [6, 6.07) is 0. The SMILES string of the molecule is CCNCC=CF. The number of hydrogen-bond donors (Lipinski definition) is 1. The van der Waals surface area contributed by atoms with Gasteiger partial charge in [-0.2, -0.15) is 0 Å². The van der Waals surface area contributed by atoms with Crippen molar-refractivity contribution < 1.29 is 4.39 Å². The fraction of sp³-hybridized carbons (Fsp3) is 0.600. The third kappa shape index (κ3) is 5.63. The quantitative estimate of drug-likeness (QED) is 0.527. The highest BCUT2D eigenvalue weighted by Crippen LogP contribution is 1.67. The fourth-order valence-corrected chi connectivity index (χ4v) is 0.272. The Morgan fingerprint density at radius 2 is 2.43 bits per heavy atom. The zero-order valence-corrected chi connectivity index (χ0v) is 4.45. The average Bonchev–Trinajstić information content (AvgIpc) is 1.69. The molecule has 0 unspecified atom stereocenters. The molecule has 0 atom stereocenters. The lowest BCUT2D eigenvalue weighted by atomic mass is 10.6. The number of halogens is 1. The summed E-state index contributed by atoms with van der Waals surface area (Å²) in [5.74, 6) is 0. The van der Waals surface area contributed by atoms with E-state index >= 15 is 0 Å². The normalized spacial score (nSPS) is 10.6. The van der Waals surface area contributed by atoms with E-state index < -0.39 is 0 Å². The highest BCUT2D eigenvalue weighted by molar-refractivity contribution is 4.73. The molecule has 0 bridgehead atoms. The number of nitrogens with one attached hydrogen (secondary N) is 1. The molecule has 0 rings (SSSR count). The highest BCUT2D eigenvalue weighted by Gasteiger charge is 1.70. The van der Waals surface area contributed by atoms with E-state index in [-0.39, 0.29) is 0 Å². The predicted molar refractivity (Wildman–Crippen MR) is 28.8 cm³/mol. The number of likely N-dealkylation sites (N-methyl/N-ethyl adjacent to an activating group) is 1. The lowest BCUT2D eigenvalue weighted by Crippen LogP contribution is -2.11. The molecular weight excluding hydrogens is 93.1 g/mol. The first-order chi connectivity index (χ1) is 3.41. The van der Waals surface area contributed by atoms with Gasteiger partial charge in [0.2, 0.25) is 0 Å². The minimum atomic E-state index is 0.544. The average molecular weight is 103 g/mol. The Balaban J connectivity index is 2.69. The lowest BCUT2D eigenvalue weighted by molar-refractivity contribution is 0.706. The molecule has 0 radical (unpaired) electrons. The molecule has 7 heavy (non-hydrogen) atoms. The van der Waals surface area contributed by atoms with Gasteiger partial charge in [0.25, 0.3) is 0 Å². The van der Waals surface area contributed by atoms with E-state index in [1.807, 2.05) is 6.92 Å². The minimum absolute atomic E-state index is 0.544. The number of hydrogen-bond acceptors (Lipinski definition) is 1. The van der Waals surface area contributed by atoms with Gasteiger partial charge in [-0.3, -0.25) is 0 Å². The van der Waals surface area contributed by atoms with E-state index in [0.29, 0.717) is 12.9 Å². The second-order valence-electron chi connectivity index (χ2n) is 1.17. The zero-order valence-electron chi connectivity index (χ0n) is 4.45. The van der Waals surface area contributed by atoms with Crippen LogP contribution in [-0.4, -0.2) is 13.1 Å². The molecule has 0 amide bonds. The van der Waals surface area contributed by atoms with Gasteiger partial charge in [0.05, 0.1) is 6.33 Å². The fourth-order valence-electron chi connectivity index (χ4n) is 0.272. The molecule has 0 aliphatic carbocycles. The third-order valence-electron chi connectivity index (χ3n) is 0.601. The molecule has 42 valence electrons. The van der Waals surface area contributed by atoms with Gasteiger partial charge < -0.3 is 5.32 Å². The smallest absolute Gasteiger partial charge is 0.0839 e. The van der Waals surface area contributed by atoms with Gasteiger partial charge >= 0.3 is 0 Å². The molecule has 0 aromatic rings. The van der Waals surface area contributed by atoms with Crippen molar-refractivity contribution in [1.82, 2.24) is 5.32 Å². The Bertz CT molecular complexity index is 52.0. The van der Waals surface area contributed by atoms with E-state index in [1.54, 1.807) is 0 Å². The van der Waals surface area contributed by atoms with Crippen LogP contribution in [0.15, 0.2) is 12.4 Å². The minimum Gasteiger partial charge on any atom is -0.313 e. The largest absolute Gasteiger partial charge is 0.313 e. The van der Waals surface area contributed by atoms with Crippen molar-refractivity contribution in [3.05, 3.63) is 12.4 Å². The maximum atomic E-state index is 11.1. The molecule has 0 saturated carbocycles. The van der Waals surface area contributed by atoms with E-state index in [0.717, 1.165) is 6.54 Å². The Morgan fingerprint density at radius 1 is 1.71 bits per heavy atom. The predicted octanol–water partition coefficient (Wildman–Crippen LogP) is 1.08. The maximum Gasteiger partial charge on any atom is 0.0839 e. The molecule has 2 heteroatoms. The molecule has 0 aromatic heterocycles. The van der Waals surface area contributed by atoms with Crippen LogP contribution in [0.25, 0.3) is 0 Å². The summed E-state index contributed by atoms with van der Waals surface area (Å²) in [5, 5.41) is 2.92. The molecule has 0 aliphatic heterocycles.